The molecule has 170 valence electrons. The standard InChI is InChI=1S/C19H24F3N5O3S/c1-14-10-15(4-5-16(14)26-17(28)19(20,21)22)31(29,30)25-13-23-8-9-27-12-18(11-24-27)6-2-3-7-18/h4-5,10-11,13H,2-3,6-9,12H2,1H3,(H,23,25)(H,26,28). The highest BCUT2D eigenvalue weighted by Gasteiger charge is 2.39. The number of rotatable bonds is 7. The molecule has 1 spiro atoms. The van der Waals surface area contributed by atoms with Crippen LogP contribution in [0.5, 0.6) is 0 Å². The molecular weight excluding hydrogens is 435 g/mol. The fourth-order valence-corrected chi connectivity index (χ4v) is 4.63. The van der Waals surface area contributed by atoms with Crippen molar-refractivity contribution in [3.8, 4) is 0 Å². The molecule has 0 bridgehead atoms. The molecule has 12 heteroatoms. The van der Waals surface area contributed by atoms with Crippen LogP contribution in [0.2, 0.25) is 0 Å². The van der Waals surface area contributed by atoms with Gasteiger partial charge in [0.25, 0.3) is 10.0 Å². The normalized spacial score (nSPS) is 18.3. The number of benzene rings is 1. The molecule has 1 saturated carbocycles. The highest BCUT2D eigenvalue weighted by molar-refractivity contribution is 7.90. The number of aryl methyl sites for hydroxylation is 1. The van der Waals surface area contributed by atoms with Gasteiger partial charge in [0, 0.05) is 23.9 Å². The number of sulfonamides is 1. The number of hydrazone groups is 1. The average Bonchev–Trinajstić information content (AvgIpc) is 3.31. The quantitative estimate of drug-likeness (QED) is 0.483. The first-order chi connectivity index (χ1) is 14.5. The van der Waals surface area contributed by atoms with E-state index in [1.165, 1.54) is 25.8 Å². The predicted molar refractivity (Wildman–Crippen MR) is 111 cm³/mol. The van der Waals surface area contributed by atoms with Crippen LogP contribution in [0.4, 0.5) is 18.9 Å². The van der Waals surface area contributed by atoms with Gasteiger partial charge in [-0.1, -0.05) is 12.8 Å². The van der Waals surface area contributed by atoms with Gasteiger partial charge in [-0.25, -0.2) is 8.42 Å². The lowest BCUT2D eigenvalue weighted by Gasteiger charge is -2.21. The number of hydrogen-bond donors (Lipinski definition) is 2. The van der Waals surface area contributed by atoms with Crippen molar-refractivity contribution >= 4 is 34.2 Å². The topological polar surface area (TPSA) is 103 Å². The van der Waals surface area contributed by atoms with Crippen molar-refractivity contribution in [1.82, 2.24) is 9.73 Å². The number of amides is 1. The van der Waals surface area contributed by atoms with E-state index in [0.29, 0.717) is 13.1 Å². The summed E-state index contributed by atoms with van der Waals surface area (Å²) in [7, 11) is -3.95. The summed E-state index contributed by atoms with van der Waals surface area (Å²) in [5.74, 6) is -2.13. The molecule has 2 N–H and O–H groups in total. The van der Waals surface area contributed by atoms with Gasteiger partial charge in [-0.3, -0.25) is 19.5 Å². The molecule has 1 aromatic carbocycles. The molecule has 1 amide bonds. The summed E-state index contributed by atoms with van der Waals surface area (Å²) in [4.78, 5) is 14.9. The molecule has 1 heterocycles. The van der Waals surface area contributed by atoms with Crippen molar-refractivity contribution in [3.05, 3.63) is 23.8 Å². The molecule has 1 fully saturated rings. The molecule has 8 nitrogen and oxygen atoms in total. The summed E-state index contributed by atoms with van der Waals surface area (Å²) in [6, 6.07) is 3.38. The molecule has 0 aromatic heterocycles. The third-order valence-electron chi connectivity index (χ3n) is 5.39. The molecule has 0 unspecified atom stereocenters. The Morgan fingerprint density at radius 1 is 1.32 bits per heavy atom. The second-order valence-corrected chi connectivity index (χ2v) is 9.50. The van der Waals surface area contributed by atoms with Gasteiger partial charge in [0.15, 0.2) is 0 Å². The van der Waals surface area contributed by atoms with Gasteiger partial charge in [-0.05, 0) is 43.5 Å². The van der Waals surface area contributed by atoms with Crippen molar-refractivity contribution < 1.29 is 26.4 Å². The number of nitrogens with one attached hydrogen (secondary N) is 2. The zero-order valence-electron chi connectivity index (χ0n) is 16.9. The number of anilines is 1. The molecule has 3 rings (SSSR count). The Labute approximate surface area is 178 Å². The molecule has 0 atom stereocenters. The van der Waals surface area contributed by atoms with E-state index >= 15 is 0 Å². The Balaban J connectivity index is 1.50. The first kappa shape index (κ1) is 23.0. The lowest BCUT2D eigenvalue weighted by atomic mass is 9.88. The minimum Gasteiger partial charge on any atom is -0.318 e. The van der Waals surface area contributed by atoms with Crippen molar-refractivity contribution in [2.24, 2.45) is 15.5 Å². The molecule has 0 saturated heterocycles. The van der Waals surface area contributed by atoms with Crippen molar-refractivity contribution in [3.63, 3.8) is 0 Å². The highest BCUT2D eigenvalue weighted by Crippen LogP contribution is 2.39. The van der Waals surface area contributed by atoms with Crippen LogP contribution in [-0.4, -0.2) is 57.7 Å². The third-order valence-corrected chi connectivity index (χ3v) is 6.68. The van der Waals surface area contributed by atoms with Gasteiger partial charge in [0.2, 0.25) is 0 Å². The number of alkyl halides is 3. The maximum Gasteiger partial charge on any atom is 0.471 e. The first-order valence-corrected chi connectivity index (χ1v) is 11.3. The van der Waals surface area contributed by atoms with E-state index in [2.05, 4.69) is 14.8 Å². The van der Waals surface area contributed by atoms with Crippen LogP contribution in [-0.2, 0) is 14.8 Å². The Morgan fingerprint density at radius 3 is 2.68 bits per heavy atom. The van der Waals surface area contributed by atoms with E-state index in [9.17, 15) is 26.4 Å². The Bertz CT molecular complexity index is 986. The van der Waals surface area contributed by atoms with Crippen LogP contribution >= 0.6 is 0 Å². The van der Waals surface area contributed by atoms with E-state index in [1.807, 2.05) is 11.2 Å². The molecule has 31 heavy (non-hydrogen) atoms. The second kappa shape index (κ2) is 8.85. The summed E-state index contributed by atoms with van der Waals surface area (Å²) in [5, 5.41) is 8.06. The largest absolute Gasteiger partial charge is 0.471 e. The summed E-state index contributed by atoms with van der Waals surface area (Å²) in [6.45, 7) is 3.19. The Morgan fingerprint density at radius 2 is 2.03 bits per heavy atom. The minimum atomic E-state index is -5.03. The summed E-state index contributed by atoms with van der Waals surface area (Å²) < 4.78 is 64.1. The molecule has 1 aliphatic carbocycles. The molecule has 1 aliphatic heterocycles. The van der Waals surface area contributed by atoms with Crippen molar-refractivity contribution in [1.29, 1.82) is 0 Å². The summed E-state index contributed by atoms with van der Waals surface area (Å²) in [6.07, 6.45) is 2.80. The molecule has 2 aliphatic rings. The molecular formula is C19H24F3N5O3S. The van der Waals surface area contributed by atoms with Gasteiger partial charge in [-0.2, -0.15) is 18.3 Å². The number of nitrogens with zero attached hydrogens (tertiary/aromatic N) is 3. The number of carbonyl (C=O) groups is 1. The minimum absolute atomic E-state index is 0.124. The molecule has 1 aromatic rings. The van der Waals surface area contributed by atoms with Crippen LogP contribution in [0.3, 0.4) is 0 Å². The maximum absolute atomic E-state index is 12.4. The molecule has 0 radical (unpaired) electrons. The van der Waals surface area contributed by atoms with Crippen LogP contribution in [0.25, 0.3) is 0 Å². The first-order valence-electron chi connectivity index (χ1n) is 9.80. The van der Waals surface area contributed by atoms with E-state index in [0.717, 1.165) is 37.9 Å². The number of hydrogen-bond acceptors (Lipinski definition) is 6. The van der Waals surface area contributed by atoms with E-state index in [1.54, 1.807) is 5.32 Å². The van der Waals surface area contributed by atoms with E-state index in [4.69, 9.17) is 0 Å². The van der Waals surface area contributed by atoms with Gasteiger partial charge in [0.05, 0.1) is 24.3 Å². The van der Waals surface area contributed by atoms with Crippen LogP contribution < -0.4 is 10.0 Å². The van der Waals surface area contributed by atoms with Crippen molar-refractivity contribution in [2.75, 3.05) is 25.0 Å². The van der Waals surface area contributed by atoms with Crippen LogP contribution in [0.1, 0.15) is 31.2 Å². The van der Waals surface area contributed by atoms with E-state index in [-0.39, 0.29) is 21.6 Å². The fourth-order valence-electron chi connectivity index (χ4n) is 3.70. The lowest BCUT2D eigenvalue weighted by molar-refractivity contribution is -0.167. The number of carbonyl (C=O) groups excluding carboxylic acids is 1. The second-order valence-electron chi connectivity index (χ2n) is 7.79. The van der Waals surface area contributed by atoms with Gasteiger partial charge in [-0.15, -0.1) is 0 Å². The number of aliphatic imine (C=N–C) groups is 1. The predicted octanol–water partition coefficient (Wildman–Crippen LogP) is 2.66. The smallest absolute Gasteiger partial charge is 0.318 e. The van der Waals surface area contributed by atoms with E-state index < -0.39 is 22.1 Å². The van der Waals surface area contributed by atoms with Gasteiger partial charge in [0.1, 0.15) is 0 Å². The Kier molecular flexibility index (Phi) is 6.58. The lowest BCUT2D eigenvalue weighted by Crippen LogP contribution is -2.30. The third kappa shape index (κ3) is 5.75. The maximum atomic E-state index is 12.4. The zero-order valence-corrected chi connectivity index (χ0v) is 17.8. The highest BCUT2D eigenvalue weighted by atomic mass is 32.2. The monoisotopic (exact) mass is 459 g/mol. The Hall–Kier alpha value is -2.63. The van der Waals surface area contributed by atoms with Gasteiger partial charge >= 0.3 is 12.1 Å². The van der Waals surface area contributed by atoms with Crippen LogP contribution in [0, 0.1) is 12.3 Å². The summed E-state index contributed by atoms with van der Waals surface area (Å²) >= 11 is 0. The fraction of sp³-hybridized carbons (Fsp3) is 0.526. The van der Waals surface area contributed by atoms with Gasteiger partial charge < -0.3 is 5.32 Å². The number of halogens is 3. The SMILES string of the molecule is Cc1cc(S(=O)(=O)NC=NCCN2CC3(C=N2)CCCC3)ccc1NC(=O)C(F)(F)F. The zero-order chi connectivity index (χ0) is 22.7. The van der Waals surface area contributed by atoms with Crippen molar-refractivity contribution in [2.45, 2.75) is 43.7 Å². The average molecular weight is 459 g/mol. The van der Waals surface area contributed by atoms with Crippen LogP contribution in [0.15, 0.2) is 33.2 Å². The summed E-state index contributed by atoms with van der Waals surface area (Å²) in [5.41, 5.74) is 0.237.